The fraction of sp³-hybridized carbons (Fsp3) is 0.438. The van der Waals surface area contributed by atoms with Crippen molar-refractivity contribution in [2.24, 2.45) is 0 Å². The van der Waals surface area contributed by atoms with Gasteiger partial charge in [-0.15, -0.1) is 0 Å². The number of carbonyl (C=O) groups excluding carboxylic acids is 1. The van der Waals surface area contributed by atoms with Gasteiger partial charge in [0, 0.05) is 32.3 Å². The number of rotatable bonds is 4. The third-order valence-electron chi connectivity index (χ3n) is 3.44. The van der Waals surface area contributed by atoms with E-state index in [-0.39, 0.29) is 5.91 Å². The fourth-order valence-electron chi connectivity index (χ4n) is 2.35. The maximum absolute atomic E-state index is 12.1. The van der Waals surface area contributed by atoms with E-state index < -0.39 is 0 Å². The van der Waals surface area contributed by atoms with E-state index in [4.69, 9.17) is 0 Å². The largest absolute Gasteiger partial charge is 0.337 e. The minimum Gasteiger partial charge on any atom is -0.337 e. The third-order valence-corrected chi connectivity index (χ3v) is 3.44. The van der Waals surface area contributed by atoms with Crippen molar-refractivity contribution in [1.82, 2.24) is 9.80 Å². The molecule has 0 aromatic heterocycles. The van der Waals surface area contributed by atoms with Crippen LogP contribution in [0.1, 0.15) is 18.9 Å². The molecule has 1 aliphatic heterocycles. The number of amides is 1. The summed E-state index contributed by atoms with van der Waals surface area (Å²) < 4.78 is 0. The molecule has 0 radical (unpaired) electrons. The molecule has 0 atom stereocenters. The van der Waals surface area contributed by atoms with Gasteiger partial charge < -0.3 is 4.90 Å². The molecule has 19 heavy (non-hydrogen) atoms. The van der Waals surface area contributed by atoms with E-state index in [9.17, 15) is 4.79 Å². The molecule has 0 unspecified atom stereocenters. The molecule has 2 rings (SSSR count). The first-order valence-corrected chi connectivity index (χ1v) is 7.04. The van der Waals surface area contributed by atoms with E-state index in [1.165, 1.54) is 6.42 Å². The maximum Gasteiger partial charge on any atom is 0.246 e. The predicted molar refractivity (Wildman–Crippen MR) is 78.8 cm³/mol. The minimum absolute atomic E-state index is 0.125. The standard InChI is InChI=1S/C16H22N2O/c1-2-10-17-11-13-18(14-12-17)16(19)9-8-15-6-4-3-5-7-15/h3-9H,2,10-14H2,1H3/b9-8+. The van der Waals surface area contributed by atoms with Gasteiger partial charge in [-0.25, -0.2) is 0 Å². The van der Waals surface area contributed by atoms with Crippen molar-refractivity contribution >= 4 is 12.0 Å². The highest BCUT2D eigenvalue weighted by molar-refractivity contribution is 5.91. The SMILES string of the molecule is CCCN1CCN(C(=O)/C=C/c2ccccc2)CC1. The molecule has 0 bridgehead atoms. The van der Waals surface area contributed by atoms with Gasteiger partial charge >= 0.3 is 0 Å². The quantitative estimate of drug-likeness (QED) is 0.773. The highest BCUT2D eigenvalue weighted by atomic mass is 16.2. The summed E-state index contributed by atoms with van der Waals surface area (Å²) >= 11 is 0. The Kier molecular flexibility index (Phi) is 5.16. The molecular weight excluding hydrogens is 236 g/mol. The molecule has 1 saturated heterocycles. The molecule has 1 heterocycles. The van der Waals surface area contributed by atoms with E-state index in [1.807, 2.05) is 41.3 Å². The first kappa shape index (κ1) is 13.8. The second-order valence-electron chi connectivity index (χ2n) is 4.91. The van der Waals surface area contributed by atoms with E-state index >= 15 is 0 Å². The summed E-state index contributed by atoms with van der Waals surface area (Å²) in [7, 11) is 0. The number of hydrogen-bond donors (Lipinski definition) is 0. The molecule has 1 fully saturated rings. The number of hydrogen-bond acceptors (Lipinski definition) is 2. The highest BCUT2D eigenvalue weighted by Crippen LogP contribution is 2.05. The Morgan fingerprint density at radius 1 is 1.16 bits per heavy atom. The number of benzene rings is 1. The smallest absolute Gasteiger partial charge is 0.246 e. The molecule has 0 N–H and O–H groups in total. The molecular formula is C16H22N2O. The van der Waals surface area contributed by atoms with Crippen molar-refractivity contribution in [3.05, 3.63) is 42.0 Å². The average Bonchev–Trinajstić information content (AvgIpc) is 2.47. The second kappa shape index (κ2) is 7.10. The summed E-state index contributed by atoms with van der Waals surface area (Å²) in [4.78, 5) is 16.4. The van der Waals surface area contributed by atoms with Gasteiger partial charge in [-0.05, 0) is 24.6 Å². The zero-order valence-corrected chi connectivity index (χ0v) is 11.6. The van der Waals surface area contributed by atoms with E-state index in [1.54, 1.807) is 6.08 Å². The van der Waals surface area contributed by atoms with Gasteiger partial charge in [0.15, 0.2) is 0 Å². The van der Waals surface area contributed by atoms with Crippen LogP contribution in [0.5, 0.6) is 0 Å². The Morgan fingerprint density at radius 2 is 1.84 bits per heavy atom. The van der Waals surface area contributed by atoms with Gasteiger partial charge in [-0.3, -0.25) is 9.69 Å². The number of carbonyl (C=O) groups is 1. The molecule has 3 nitrogen and oxygen atoms in total. The molecule has 1 aliphatic rings. The lowest BCUT2D eigenvalue weighted by atomic mass is 10.2. The van der Waals surface area contributed by atoms with Gasteiger partial charge in [0.25, 0.3) is 0 Å². The van der Waals surface area contributed by atoms with Crippen LogP contribution >= 0.6 is 0 Å². The van der Waals surface area contributed by atoms with Crippen LogP contribution < -0.4 is 0 Å². The lowest BCUT2D eigenvalue weighted by molar-refractivity contribution is -0.127. The van der Waals surface area contributed by atoms with E-state index in [2.05, 4.69) is 11.8 Å². The van der Waals surface area contributed by atoms with E-state index in [0.717, 1.165) is 38.3 Å². The van der Waals surface area contributed by atoms with Gasteiger partial charge in [0.1, 0.15) is 0 Å². The van der Waals surface area contributed by atoms with Crippen molar-refractivity contribution in [3.8, 4) is 0 Å². The first-order chi connectivity index (χ1) is 9.29. The summed E-state index contributed by atoms with van der Waals surface area (Å²) in [5.41, 5.74) is 1.07. The van der Waals surface area contributed by atoms with Crippen LogP contribution in [0, 0.1) is 0 Å². The molecule has 102 valence electrons. The Bertz CT molecular complexity index is 420. The molecule has 1 amide bonds. The van der Waals surface area contributed by atoms with Crippen molar-refractivity contribution in [2.45, 2.75) is 13.3 Å². The summed E-state index contributed by atoms with van der Waals surface area (Å²) in [5, 5.41) is 0. The van der Waals surface area contributed by atoms with Crippen LogP contribution in [-0.4, -0.2) is 48.4 Å². The van der Waals surface area contributed by atoms with Crippen molar-refractivity contribution in [1.29, 1.82) is 0 Å². The van der Waals surface area contributed by atoms with Crippen LogP contribution in [0.2, 0.25) is 0 Å². The first-order valence-electron chi connectivity index (χ1n) is 7.04. The monoisotopic (exact) mass is 258 g/mol. The lowest BCUT2D eigenvalue weighted by Gasteiger charge is -2.34. The Balaban J connectivity index is 1.83. The van der Waals surface area contributed by atoms with Gasteiger partial charge in [0.05, 0.1) is 0 Å². The molecule has 0 aliphatic carbocycles. The Hall–Kier alpha value is -1.61. The summed E-state index contributed by atoms with van der Waals surface area (Å²) in [5.74, 6) is 0.125. The molecule has 1 aromatic carbocycles. The fourth-order valence-corrected chi connectivity index (χ4v) is 2.35. The number of nitrogens with zero attached hydrogens (tertiary/aromatic N) is 2. The van der Waals surface area contributed by atoms with Crippen molar-refractivity contribution in [2.75, 3.05) is 32.7 Å². The number of piperazine rings is 1. The summed E-state index contributed by atoms with van der Waals surface area (Å²) in [6.07, 6.45) is 4.76. The van der Waals surface area contributed by atoms with Crippen LogP contribution in [0.4, 0.5) is 0 Å². The predicted octanol–water partition coefficient (Wildman–Crippen LogP) is 2.25. The Labute approximate surface area is 115 Å². The minimum atomic E-state index is 0.125. The van der Waals surface area contributed by atoms with Crippen LogP contribution in [0.15, 0.2) is 36.4 Å². The zero-order chi connectivity index (χ0) is 13.5. The van der Waals surface area contributed by atoms with Gasteiger partial charge in [-0.1, -0.05) is 37.3 Å². The lowest BCUT2D eigenvalue weighted by Crippen LogP contribution is -2.48. The van der Waals surface area contributed by atoms with Gasteiger partial charge in [-0.2, -0.15) is 0 Å². The zero-order valence-electron chi connectivity index (χ0n) is 11.6. The highest BCUT2D eigenvalue weighted by Gasteiger charge is 2.18. The third kappa shape index (κ3) is 4.21. The van der Waals surface area contributed by atoms with Crippen molar-refractivity contribution < 1.29 is 4.79 Å². The summed E-state index contributed by atoms with van der Waals surface area (Å²) in [6.45, 7) is 7.02. The van der Waals surface area contributed by atoms with Crippen LogP contribution in [0.25, 0.3) is 6.08 Å². The molecule has 1 aromatic rings. The molecule has 0 saturated carbocycles. The second-order valence-corrected chi connectivity index (χ2v) is 4.91. The van der Waals surface area contributed by atoms with Crippen molar-refractivity contribution in [3.63, 3.8) is 0 Å². The van der Waals surface area contributed by atoms with Crippen LogP contribution in [0.3, 0.4) is 0 Å². The maximum atomic E-state index is 12.1. The molecule has 3 heteroatoms. The van der Waals surface area contributed by atoms with E-state index in [0.29, 0.717) is 0 Å². The Morgan fingerprint density at radius 3 is 2.47 bits per heavy atom. The van der Waals surface area contributed by atoms with Crippen LogP contribution in [-0.2, 0) is 4.79 Å². The molecule has 0 spiro atoms. The topological polar surface area (TPSA) is 23.6 Å². The van der Waals surface area contributed by atoms with Gasteiger partial charge in [0.2, 0.25) is 5.91 Å². The average molecular weight is 258 g/mol. The normalized spacial score (nSPS) is 17.0. The summed E-state index contributed by atoms with van der Waals surface area (Å²) in [6, 6.07) is 9.94.